The molecule has 0 aliphatic heterocycles. The predicted molar refractivity (Wildman–Crippen MR) is 62.0 cm³/mol. The molecule has 0 heterocycles. The number of nitrogens with one attached hydrogen (secondary N) is 1. The molecule has 0 rings (SSSR count). The zero-order valence-electron chi connectivity index (χ0n) is 10.0. The lowest BCUT2D eigenvalue weighted by Gasteiger charge is -2.26. The highest BCUT2D eigenvalue weighted by Crippen LogP contribution is 2.00. The molecule has 0 bridgehead atoms. The minimum atomic E-state index is 0.266. The van der Waals surface area contributed by atoms with Crippen molar-refractivity contribution in [2.45, 2.75) is 40.7 Å². The topological polar surface area (TPSA) is 53.6 Å². The monoisotopic (exact) mass is 200 g/mol. The second kappa shape index (κ2) is 6.65. The zero-order valence-corrected chi connectivity index (χ0v) is 10.0. The summed E-state index contributed by atoms with van der Waals surface area (Å²) in [5.41, 5.74) is 2.67. The smallest absolute Gasteiger partial charge is 0.208 e. The fourth-order valence-corrected chi connectivity index (χ4v) is 1.26. The van der Waals surface area contributed by atoms with Crippen molar-refractivity contribution in [1.29, 1.82) is 0 Å². The van der Waals surface area contributed by atoms with Crippen molar-refractivity contribution in [2.75, 3.05) is 13.1 Å². The van der Waals surface area contributed by atoms with E-state index in [-0.39, 0.29) is 6.04 Å². The lowest BCUT2D eigenvalue weighted by Crippen LogP contribution is -2.46. The van der Waals surface area contributed by atoms with E-state index in [9.17, 15) is 0 Å². The van der Waals surface area contributed by atoms with Crippen LogP contribution in [0.5, 0.6) is 0 Å². The molecule has 0 aliphatic rings. The van der Waals surface area contributed by atoms with E-state index in [0.717, 1.165) is 19.0 Å². The minimum Gasteiger partial charge on any atom is -0.342 e. The summed E-state index contributed by atoms with van der Waals surface area (Å²) in [6.45, 7) is 12.5. The van der Waals surface area contributed by atoms with Gasteiger partial charge < -0.3 is 4.90 Å². The molecule has 0 aliphatic carbocycles. The van der Waals surface area contributed by atoms with Gasteiger partial charge >= 0.3 is 0 Å². The molecule has 0 radical (unpaired) electrons. The molecule has 0 saturated heterocycles. The van der Waals surface area contributed by atoms with E-state index in [0.29, 0.717) is 5.92 Å². The van der Waals surface area contributed by atoms with Gasteiger partial charge in [-0.2, -0.15) is 0 Å². The molecule has 4 nitrogen and oxygen atoms in total. The van der Waals surface area contributed by atoms with E-state index < -0.39 is 0 Å². The van der Waals surface area contributed by atoms with E-state index in [1.165, 1.54) is 0 Å². The van der Waals surface area contributed by atoms with Crippen LogP contribution >= 0.6 is 0 Å². The second-order valence-corrected chi connectivity index (χ2v) is 4.12. The van der Waals surface area contributed by atoms with Crippen molar-refractivity contribution >= 4 is 5.96 Å². The lowest BCUT2D eigenvalue weighted by atomic mass is 10.2. The van der Waals surface area contributed by atoms with Crippen molar-refractivity contribution in [2.24, 2.45) is 16.8 Å². The van der Waals surface area contributed by atoms with Gasteiger partial charge in [-0.05, 0) is 26.7 Å². The number of rotatable bonds is 4. The van der Waals surface area contributed by atoms with Gasteiger partial charge in [0.1, 0.15) is 0 Å². The van der Waals surface area contributed by atoms with E-state index >= 15 is 0 Å². The summed E-state index contributed by atoms with van der Waals surface area (Å²) in [7, 11) is 0. The Morgan fingerprint density at radius 1 is 1.36 bits per heavy atom. The van der Waals surface area contributed by atoms with Gasteiger partial charge in [-0.15, -0.1) is 0 Å². The molecular formula is C10H24N4. The van der Waals surface area contributed by atoms with Crippen LogP contribution in [0, 0.1) is 5.92 Å². The summed E-state index contributed by atoms with van der Waals surface area (Å²) >= 11 is 0. The van der Waals surface area contributed by atoms with Gasteiger partial charge in [0, 0.05) is 19.1 Å². The van der Waals surface area contributed by atoms with E-state index in [1.54, 1.807) is 0 Å². The molecule has 0 fully saturated rings. The number of hydrogen-bond acceptors (Lipinski definition) is 2. The van der Waals surface area contributed by atoms with Crippen LogP contribution < -0.4 is 11.3 Å². The highest BCUT2D eigenvalue weighted by Gasteiger charge is 2.09. The fourth-order valence-electron chi connectivity index (χ4n) is 1.26. The highest BCUT2D eigenvalue weighted by atomic mass is 15.4. The molecule has 0 aromatic rings. The van der Waals surface area contributed by atoms with Crippen LogP contribution in [0.2, 0.25) is 0 Å². The third-order valence-electron chi connectivity index (χ3n) is 1.78. The molecule has 0 unspecified atom stereocenters. The average Bonchev–Trinajstić information content (AvgIpc) is 2.10. The van der Waals surface area contributed by atoms with E-state index in [4.69, 9.17) is 5.84 Å². The maximum atomic E-state index is 5.45. The molecular weight excluding hydrogens is 176 g/mol. The third kappa shape index (κ3) is 5.07. The lowest BCUT2D eigenvalue weighted by molar-refractivity contribution is 0.367. The molecule has 0 spiro atoms. The van der Waals surface area contributed by atoms with Gasteiger partial charge in [0.05, 0.1) is 0 Å². The first-order valence-electron chi connectivity index (χ1n) is 5.30. The van der Waals surface area contributed by atoms with Crippen LogP contribution in [-0.4, -0.2) is 30.0 Å². The van der Waals surface area contributed by atoms with Crippen LogP contribution in [-0.2, 0) is 0 Å². The largest absolute Gasteiger partial charge is 0.342 e. The first kappa shape index (κ1) is 13.2. The number of nitrogens with two attached hydrogens (primary N) is 1. The molecule has 0 aromatic carbocycles. The molecule has 4 heteroatoms. The number of aliphatic imine (C=N–C) groups is 1. The van der Waals surface area contributed by atoms with Crippen molar-refractivity contribution in [3.05, 3.63) is 0 Å². The Kier molecular flexibility index (Phi) is 6.28. The van der Waals surface area contributed by atoms with Gasteiger partial charge in [-0.3, -0.25) is 5.43 Å². The van der Waals surface area contributed by atoms with Crippen LogP contribution in [0.15, 0.2) is 4.99 Å². The number of hydrazine groups is 1. The Morgan fingerprint density at radius 3 is 2.21 bits per heavy atom. The summed E-state index contributed by atoms with van der Waals surface area (Å²) in [5, 5.41) is 0. The predicted octanol–water partition coefficient (Wildman–Crippen LogP) is 1.19. The summed E-state index contributed by atoms with van der Waals surface area (Å²) < 4.78 is 0. The Balaban J connectivity index is 4.44. The first-order valence-corrected chi connectivity index (χ1v) is 5.30. The first-order chi connectivity index (χ1) is 6.51. The Hall–Kier alpha value is -0.770. The van der Waals surface area contributed by atoms with Crippen LogP contribution in [0.3, 0.4) is 0 Å². The summed E-state index contributed by atoms with van der Waals surface area (Å²) in [5.74, 6) is 6.85. The fraction of sp³-hybridized carbons (Fsp3) is 0.900. The summed E-state index contributed by atoms with van der Waals surface area (Å²) in [4.78, 5) is 6.58. The normalized spacial score (nSPS) is 12.4. The second-order valence-electron chi connectivity index (χ2n) is 4.12. The molecule has 14 heavy (non-hydrogen) atoms. The van der Waals surface area contributed by atoms with Gasteiger partial charge in [-0.25, -0.2) is 10.8 Å². The summed E-state index contributed by atoms with van der Waals surface area (Å²) in [6, 6.07) is 0.266. The Bertz CT molecular complexity index is 175. The van der Waals surface area contributed by atoms with Gasteiger partial charge in [0.2, 0.25) is 5.96 Å². The molecule has 0 amide bonds. The SMILES string of the molecule is CCN(CC(C)C)C(=NC(C)C)NN. The number of guanidine groups is 1. The number of nitrogens with zero attached hydrogens (tertiary/aromatic N) is 2. The highest BCUT2D eigenvalue weighted by molar-refractivity contribution is 5.79. The molecule has 3 N–H and O–H groups in total. The van der Waals surface area contributed by atoms with Crippen molar-refractivity contribution in [3.8, 4) is 0 Å². The van der Waals surface area contributed by atoms with Crippen molar-refractivity contribution in [1.82, 2.24) is 10.3 Å². The van der Waals surface area contributed by atoms with Gasteiger partial charge in [0.15, 0.2) is 0 Å². The number of hydrogen-bond donors (Lipinski definition) is 2. The zero-order chi connectivity index (χ0) is 11.1. The minimum absolute atomic E-state index is 0.266. The average molecular weight is 200 g/mol. The van der Waals surface area contributed by atoms with Crippen molar-refractivity contribution in [3.63, 3.8) is 0 Å². The van der Waals surface area contributed by atoms with E-state index in [1.807, 2.05) is 13.8 Å². The molecule has 84 valence electrons. The molecule has 0 aromatic heterocycles. The molecule has 0 atom stereocenters. The van der Waals surface area contributed by atoms with Gasteiger partial charge in [-0.1, -0.05) is 13.8 Å². The van der Waals surface area contributed by atoms with Crippen molar-refractivity contribution < 1.29 is 0 Å². The standard InChI is InChI=1S/C10H24N4/c1-6-14(7-8(2)3)10(13-11)12-9(4)5/h8-9H,6-7,11H2,1-5H3,(H,12,13). The molecule has 0 saturated carbocycles. The Labute approximate surface area is 87.5 Å². The Morgan fingerprint density at radius 2 is 1.93 bits per heavy atom. The maximum absolute atomic E-state index is 5.45. The van der Waals surface area contributed by atoms with Crippen LogP contribution in [0.4, 0.5) is 0 Å². The maximum Gasteiger partial charge on any atom is 0.208 e. The quantitative estimate of drug-likeness (QED) is 0.310. The van der Waals surface area contributed by atoms with Gasteiger partial charge in [0.25, 0.3) is 0 Å². The van der Waals surface area contributed by atoms with Crippen LogP contribution in [0.1, 0.15) is 34.6 Å². The van der Waals surface area contributed by atoms with E-state index in [2.05, 4.69) is 36.1 Å². The van der Waals surface area contributed by atoms with Crippen LogP contribution in [0.25, 0.3) is 0 Å². The third-order valence-corrected chi connectivity index (χ3v) is 1.78. The summed E-state index contributed by atoms with van der Waals surface area (Å²) in [6.07, 6.45) is 0.